The van der Waals surface area contributed by atoms with Crippen LogP contribution in [0.4, 0.5) is 0 Å². The largest absolute Gasteiger partial charge is 0.639 e. The molecular formula is C6H13BO3. The Kier molecular flexibility index (Phi) is 3.79. The molecule has 0 unspecified atom stereocenters. The van der Waals surface area contributed by atoms with Gasteiger partial charge >= 0.3 is 7.32 Å². The molecule has 0 aromatic heterocycles. The molecule has 0 saturated carbocycles. The van der Waals surface area contributed by atoms with Crippen molar-refractivity contribution in [3.05, 3.63) is 0 Å². The zero-order chi connectivity index (χ0) is 7.23. The first-order valence-electron chi connectivity index (χ1n) is 3.78. The van der Waals surface area contributed by atoms with Gasteiger partial charge in [-0.25, -0.2) is 0 Å². The molecule has 1 aliphatic heterocycles. The molecule has 3 nitrogen and oxygen atoms in total. The molecule has 1 fully saturated rings. The van der Waals surface area contributed by atoms with Gasteiger partial charge in [-0.2, -0.15) is 0 Å². The van der Waals surface area contributed by atoms with Crippen molar-refractivity contribution < 1.29 is 14.0 Å². The number of rotatable bonds is 3. The molecule has 0 N–H and O–H groups in total. The van der Waals surface area contributed by atoms with E-state index < -0.39 is 7.32 Å². The summed E-state index contributed by atoms with van der Waals surface area (Å²) in [6.07, 6.45) is 1.98. The van der Waals surface area contributed by atoms with E-state index in [1.807, 2.05) is 0 Å². The lowest BCUT2D eigenvalue weighted by molar-refractivity contribution is 0.0533. The van der Waals surface area contributed by atoms with Gasteiger partial charge in [0.15, 0.2) is 0 Å². The molecular weight excluding hydrogens is 131 g/mol. The van der Waals surface area contributed by atoms with Crippen LogP contribution in [0.1, 0.15) is 19.8 Å². The van der Waals surface area contributed by atoms with E-state index in [2.05, 4.69) is 6.92 Å². The number of hydrogen-bond donors (Lipinski definition) is 0. The summed E-state index contributed by atoms with van der Waals surface area (Å²) in [5, 5.41) is 0. The maximum Gasteiger partial charge on any atom is 0.639 e. The molecule has 0 aromatic rings. The Balaban J connectivity index is 2.02. The minimum atomic E-state index is -0.395. The van der Waals surface area contributed by atoms with Crippen LogP contribution in [-0.4, -0.2) is 27.1 Å². The van der Waals surface area contributed by atoms with Gasteiger partial charge in [0.05, 0.1) is 0 Å². The maximum absolute atomic E-state index is 5.19. The van der Waals surface area contributed by atoms with E-state index in [1.54, 1.807) is 0 Å². The minimum absolute atomic E-state index is 0.395. The molecule has 4 heteroatoms. The fourth-order valence-electron chi connectivity index (χ4n) is 0.776. The van der Waals surface area contributed by atoms with Crippen LogP contribution >= 0.6 is 0 Å². The van der Waals surface area contributed by atoms with E-state index in [1.165, 1.54) is 0 Å². The summed E-state index contributed by atoms with van der Waals surface area (Å²) >= 11 is 0. The first-order chi connectivity index (χ1) is 4.93. The van der Waals surface area contributed by atoms with Gasteiger partial charge in [-0.15, -0.1) is 0 Å². The monoisotopic (exact) mass is 144 g/mol. The van der Waals surface area contributed by atoms with Crippen molar-refractivity contribution in [1.82, 2.24) is 0 Å². The molecule has 10 heavy (non-hydrogen) atoms. The van der Waals surface area contributed by atoms with Gasteiger partial charge in [0.1, 0.15) is 0 Å². The van der Waals surface area contributed by atoms with E-state index in [9.17, 15) is 0 Å². The lowest BCUT2D eigenvalue weighted by atomic mass is 10.2. The Hall–Kier alpha value is -0.0551. The third-order valence-electron chi connectivity index (χ3n) is 1.25. The average molecular weight is 144 g/mol. The average Bonchev–Trinajstić information content (AvgIpc) is 2.03. The van der Waals surface area contributed by atoms with Crippen LogP contribution in [-0.2, 0) is 14.0 Å². The molecule has 0 amide bonds. The van der Waals surface area contributed by atoms with Crippen molar-refractivity contribution in [1.29, 1.82) is 0 Å². The Labute approximate surface area is 61.8 Å². The zero-order valence-corrected chi connectivity index (χ0v) is 6.34. The van der Waals surface area contributed by atoms with Crippen molar-refractivity contribution >= 4 is 7.32 Å². The van der Waals surface area contributed by atoms with E-state index in [0.717, 1.165) is 26.1 Å². The fraction of sp³-hybridized carbons (Fsp3) is 1.00. The second-order valence-electron chi connectivity index (χ2n) is 2.25. The van der Waals surface area contributed by atoms with Crippen molar-refractivity contribution in [3.63, 3.8) is 0 Å². The quantitative estimate of drug-likeness (QED) is 0.549. The highest BCUT2D eigenvalue weighted by Crippen LogP contribution is 2.01. The fourth-order valence-corrected chi connectivity index (χ4v) is 0.776. The summed E-state index contributed by atoms with van der Waals surface area (Å²) in [6, 6.07) is 0. The van der Waals surface area contributed by atoms with Crippen molar-refractivity contribution in [3.8, 4) is 0 Å². The molecule has 1 saturated heterocycles. The summed E-state index contributed by atoms with van der Waals surface area (Å²) in [6.45, 7) is 4.29. The predicted octanol–water partition coefficient (Wildman–Crippen LogP) is 0.835. The Morgan fingerprint density at radius 2 is 2.10 bits per heavy atom. The van der Waals surface area contributed by atoms with Crippen LogP contribution < -0.4 is 0 Å². The summed E-state index contributed by atoms with van der Waals surface area (Å²) < 4.78 is 15.5. The van der Waals surface area contributed by atoms with Crippen molar-refractivity contribution in [2.24, 2.45) is 0 Å². The second-order valence-corrected chi connectivity index (χ2v) is 2.25. The second kappa shape index (κ2) is 4.71. The van der Waals surface area contributed by atoms with E-state index in [0.29, 0.717) is 6.61 Å². The molecule has 0 spiro atoms. The Morgan fingerprint density at radius 3 is 2.70 bits per heavy atom. The highest BCUT2D eigenvalue weighted by Gasteiger charge is 2.23. The Morgan fingerprint density at radius 1 is 1.40 bits per heavy atom. The van der Waals surface area contributed by atoms with E-state index in [4.69, 9.17) is 14.0 Å². The summed E-state index contributed by atoms with van der Waals surface area (Å²) in [7, 11) is -0.395. The van der Waals surface area contributed by atoms with Gasteiger partial charge in [-0.3, -0.25) is 0 Å². The smallest absolute Gasteiger partial charge is 0.386 e. The molecule has 0 radical (unpaired) electrons. The van der Waals surface area contributed by atoms with Gasteiger partial charge in [-0.1, -0.05) is 6.92 Å². The van der Waals surface area contributed by atoms with Gasteiger partial charge in [0.2, 0.25) is 0 Å². The zero-order valence-electron chi connectivity index (χ0n) is 6.34. The third-order valence-corrected chi connectivity index (χ3v) is 1.25. The minimum Gasteiger partial charge on any atom is -0.386 e. The van der Waals surface area contributed by atoms with Crippen molar-refractivity contribution in [2.75, 3.05) is 19.8 Å². The molecule has 0 aromatic carbocycles. The molecule has 0 bridgehead atoms. The highest BCUT2D eigenvalue weighted by atomic mass is 16.7. The normalized spacial score (nSPS) is 19.5. The topological polar surface area (TPSA) is 27.7 Å². The van der Waals surface area contributed by atoms with Gasteiger partial charge < -0.3 is 14.0 Å². The molecule has 1 aliphatic rings. The van der Waals surface area contributed by atoms with Crippen LogP contribution in [0.25, 0.3) is 0 Å². The van der Waals surface area contributed by atoms with E-state index >= 15 is 0 Å². The van der Waals surface area contributed by atoms with E-state index in [-0.39, 0.29) is 0 Å². The predicted molar refractivity (Wildman–Crippen MR) is 38.5 cm³/mol. The first-order valence-corrected chi connectivity index (χ1v) is 3.78. The molecule has 58 valence electrons. The van der Waals surface area contributed by atoms with Crippen LogP contribution in [0.2, 0.25) is 0 Å². The first kappa shape index (κ1) is 8.05. The van der Waals surface area contributed by atoms with Crippen molar-refractivity contribution in [2.45, 2.75) is 19.8 Å². The summed E-state index contributed by atoms with van der Waals surface area (Å²) in [5.41, 5.74) is 0. The van der Waals surface area contributed by atoms with Gasteiger partial charge in [0.25, 0.3) is 0 Å². The van der Waals surface area contributed by atoms with Crippen LogP contribution in [0.3, 0.4) is 0 Å². The highest BCUT2D eigenvalue weighted by molar-refractivity contribution is 6.36. The van der Waals surface area contributed by atoms with Crippen LogP contribution in [0, 0.1) is 0 Å². The molecule has 1 heterocycles. The third kappa shape index (κ3) is 2.69. The lowest BCUT2D eigenvalue weighted by Gasteiger charge is -2.18. The molecule has 1 rings (SSSR count). The molecule has 0 aliphatic carbocycles. The standard InChI is InChI=1S/C6H13BO3/c1-2-4-8-7-9-5-3-6-10-7/h2-6H2,1H3. The number of hydrogen-bond acceptors (Lipinski definition) is 3. The maximum atomic E-state index is 5.19. The lowest BCUT2D eigenvalue weighted by Crippen LogP contribution is -2.32. The summed E-state index contributed by atoms with van der Waals surface area (Å²) in [4.78, 5) is 0. The van der Waals surface area contributed by atoms with Crippen LogP contribution in [0.5, 0.6) is 0 Å². The molecule has 0 atom stereocenters. The van der Waals surface area contributed by atoms with Gasteiger partial charge in [-0.05, 0) is 12.8 Å². The van der Waals surface area contributed by atoms with Gasteiger partial charge in [0, 0.05) is 19.8 Å². The van der Waals surface area contributed by atoms with Crippen LogP contribution in [0.15, 0.2) is 0 Å². The summed E-state index contributed by atoms with van der Waals surface area (Å²) in [5.74, 6) is 0. The Bertz CT molecular complexity index is 83.1. The SMILES string of the molecule is CCCOB1OCCCO1.